The van der Waals surface area contributed by atoms with Gasteiger partial charge in [0, 0.05) is 29.4 Å². The van der Waals surface area contributed by atoms with Crippen LogP contribution >= 0.6 is 0 Å². The molecule has 2 aromatic rings. The van der Waals surface area contributed by atoms with Crippen LogP contribution < -0.4 is 0 Å². The summed E-state index contributed by atoms with van der Waals surface area (Å²) in [4.78, 5) is 24.4. The summed E-state index contributed by atoms with van der Waals surface area (Å²) in [6, 6.07) is 7.76. The van der Waals surface area contributed by atoms with Crippen LogP contribution in [0.5, 0.6) is 0 Å². The highest BCUT2D eigenvalue weighted by Gasteiger charge is 2.45. The first-order chi connectivity index (χ1) is 9.07. The van der Waals surface area contributed by atoms with Gasteiger partial charge in [-0.3, -0.25) is 9.59 Å². The summed E-state index contributed by atoms with van der Waals surface area (Å²) in [5.41, 5.74) is 2.44. The number of nitrogens with zero attached hydrogens (tertiary/aromatic N) is 1. The topological polar surface area (TPSA) is 48.3 Å². The van der Waals surface area contributed by atoms with Crippen LogP contribution in [0.1, 0.15) is 28.9 Å². The number of hydrogen-bond acceptors (Lipinski definition) is 3. The van der Waals surface area contributed by atoms with Crippen LogP contribution in [0.3, 0.4) is 0 Å². The lowest BCUT2D eigenvalue weighted by molar-refractivity contribution is -0.143. The van der Waals surface area contributed by atoms with E-state index in [1.165, 1.54) is 7.11 Å². The third-order valence-electron chi connectivity index (χ3n) is 4.06. The highest BCUT2D eigenvalue weighted by Crippen LogP contribution is 2.43. The molecule has 0 N–H and O–H groups in total. The van der Waals surface area contributed by atoms with Crippen molar-refractivity contribution in [2.24, 2.45) is 13.0 Å². The van der Waals surface area contributed by atoms with E-state index in [9.17, 15) is 9.59 Å². The van der Waals surface area contributed by atoms with E-state index in [1.807, 2.05) is 35.9 Å². The molecule has 4 nitrogen and oxygen atoms in total. The van der Waals surface area contributed by atoms with Gasteiger partial charge in [-0.2, -0.15) is 0 Å². The maximum atomic E-state index is 12.4. The van der Waals surface area contributed by atoms with Gasteiger partial charge in [0.25, 0.3) is 0 Å². The summed E-state index contributed by atoms with van der Waals surface area (Å²) < 4.78 is 6.75. The summed E-state index contributed by atoms with van der Waals surface area (Å²) in [7, 11) is 3.23. The predicted molar refractivity (Wildman–Crippen MR) is 71.2 cm³/mol. The van der Waals surface area contributed by atoms with Crippen LogP contribution in [0, 0.1) is 5.92 Å². The lowest BCUT2D eigenvalue weighted by Gasteiger charge is -2.13. The normalized spacial score (nSPS) is 21.7. The summed E-state index contributed by atoms with van der Waals surface area (Å²) >= 11 is 0. The number of ketones is 1. The van der Waals surface area contributed by atoms with Gasteiger partial charge in [0.15, 0.2) is 5.78 Å². The summed E-state index contributed by atoms with van der Waals surface area (Å²) in [5.74, 6) is -1.16. The number of carbonyl (C=O) groups excluding carboxylic acids is 2. The first kappa shape index (κ1) is 12.0. The molecule has 2 atom stereocenters. The summed E-state index contributed by atoms with van der Waals surface area (Å²) in [5, 5.41) is 0.966. The van der Waals surface area contributed by atoms with Crippen molar-refractivity contribution in [3.8, 4) is 0 Å². The van der Waals surface area contributed by atoms with Crippen molar-refractivity contribution < 1.29 is 14.3 Å². The van der Waals surface area contributed by atoms with Crippen LogP contribution in [0.25, 0.3) is 10.9 Å². The van der Waals surface area contributed by atoms with E-state index in [4.69, 9.17) is 4.74 Å². The van der Waals surface area contributed by atoms with Gasteiger partial charge in [0.1, 0.15) is 0 Å². The highest BCUT2D eigenvalue weighted by molar-refractivity contribution is 6.12. The molecule has 98 valence electrons. The van der Waals surface area contributed by atoms with E-state index < -0.39 is 5.92 Å². The summed E-state index contributed by atoms with van der Waals surface area (Å²) in [6.45, 7) is 1.79. The molecule has 0 bridgehead atoms. The molecule has 1 heterocycles. The maximum Gasteiger partial charge on any atom is 0.313 e. The Kier molecular flexibility index (Phi) is 2.49. The molecule has 0 spiro atoms. The molecule has 1 aliphatic rings. The number of Topliss-reactive ketones (excluding diaryl/α,β-unsaturated/α-hetero) is 1. The van der Waals surface area contributed by atoms with Crippen molar-refractivity contribution in [1.29, 1.82) is 0 Å². The van der Waals surface area contributed by atoms with Crippen LogP contribution in [0.4, 0.5) is 0 Å². The Morgan fingerprint density at radius 3 is 2.68 bits per heavy atom. The summed E-state index contributed by atoms with van der Waals surface area (Å²) in [6.07, 6.45) is 0. The van der Waals surface area contributed by atoms with E-state index in [-0.39, 0.29) is 17.7 Å². The molecular weight excluding hydrogens is 242 g/mol. The quantitative estimate of drug-likeness (QED) is 0.736. The number of aromatic nitrogens is 1. The molecule has 0 fully saturated rings. The van der Waals surface area contributed by atoms with Crippen molar-refractivity contribution in [1.82, 2.24) is 4.57 Å². The van der Waals surface area contributed by atoms with Gasteiger partial charge in [-0.05, 0) is 6.07 Å². The molecule has 0 radical (unpaired) electrons. The Morgan fingerprint density at radius 1 is 1.32 bits per heavy atom. The minimum absolute atomic E-state index is 0.0177. The molecule has 0 aliphatic heterocycles. The number of methoxy groups -OCH3 is 1. The molecule has 1 aromatic heterocycles. The van der Waals surface area contributed by atoms with Gasteiger partial charge in [-0.25, -0.2) is 0 Å². The first-order valence-electron chi connectivity index (χ1n) is 6.27. The van der Waals surface area contributed by atoms with E-state index in [0.29, 0.717) is 5.69 Å². The van der Waals surface area contributed by atoms with Gasteiger partial charge >= 0.3 is 5.97 Å². The number of benzene rings is 1. The first-order valence-corrected chi connectivity index (χ1v) is 6.27. The van der Waals surface area contributed by atoms with Crippen LogP contribution in [0.2, 0.25) is 0 Å². The van der Waals surface area contributed by atoms with Gasteiger partial charge < -0.3 is 9.30 Å². The Morgan fingerprint density at radius 2 is 2.00 bits per heavy atom. The Balaban J connectivity index is 2.36. The van der Waals surface area contributed by atoms with Gasteiger partial charge in [0.2, 0.25) is 0 Å². The molecule has 3 rings (SSSR count). The minimum atomic E-state index is -0.487. The molecule has 0 unspecified atom stereocenters. The lowest BCUT2D eigenvalue weighted by atomic mass is 9.92. The zero-order valence-corrected chi connectivity index (χ0v) is 11.1. The fourth-order valence-corrected chi connectivity index (χ4v) is 3.10. The smallest absolute Gasteiger partial charge is 0.313 e. The fraction of sp³-hybridized carbons (Fsp3) is 0.333. The number of fused-ring (bicyclic) bond motifs is 3. The SMILES string of the molecule is COC(=O)[C@@H]1c2c(n(C)c3ccccc23)C(=O)[C@@H]1C. The van der Waals surface area contributed by atoms with Gasteiger partial charge in [-0.1, -0.05) is 25.1 Å². The molecule has 0 saturated heterocycles. The van der Waals surface area contributed by atoms with Crippen molar-refractivity contribution in [3.63, 3.8) is 0 Å². The van der Waals surface area contributed by atoms with Crippen LogP contribution in [-0.4, -0.2) is 23.4 Å². The number of para-hydroxylation sites is 1. The molecular formula is C15H15NO3. The highest BCUT2D eigenvalue weighted by atomic mass is 16.5. The number of carbonyl (C=O) groups is 2. The molecule has 19 heavy (non-hydrogen) atoms. The van der Waals surface area contributed by atoms with E-state index >= 15 is 0 Å². The number of ether oxygens (including phenoxy) is 1. The maximum absolute atomic E-state index is 12.4. The van der Waals surface area contributed by atoms with E-state index in [0.717, 1.165) is 16.5 Å². The zero-order valence-electron chi connectivity index (χ0n) is 11.1. The Labute approximate surface area is 111 Å². The Hall–Kier alpha value is -2.10. The fourth-order valence-electron chi connectivity index (χ4n) is 3.10. The molecule has 0 amide bonds. The van der Waals surface area contributed by atoms with Gasteiger partial charge in [-0.15, -0.1) is 0 Å². The molecule has 1 aromatic carbocycles. The number of hydrogen-bond donors (Lipinski definition) is 0. The average Bonchev–Trinajstić information content (AvgIpc) is 2.86. The molecule has 0 saturated carbocycles. The second kappa shape index (κ2) is 3.95. The van der Waals surface area contributed by atoms with Crippen LogP contribution in [0.15, 0.2) is 24.3 Å². The average molecular weight is 257 g/mol. The standard InChI is InChI=1S/C15H15NO3/c1-8-11(15(18)19-3)12-9-6-4-5-7-10(9)16(2)13(12)14(8)17/h4-8,11H,1-3H3/t8-,11+/m1/s1. The van der Waals surface area contributed by atoms with Crippen LogP contribution in [-0.2, 0) is 16.6 Å². The third kappa shape index (κ3) is 1.40. The Bertz CT molecular complexity index is 699. The molecule has 4 heteroatoms. The molecule has 1 aliphatic carbocycles. The van der Waals surface area contributed by atoms with E-state index in [1.54, 1.807) is 6.92 Å². The number of rotatable bonds is 1. The zero-order chi connectivity index (χ0) is 13.7. The number of esters is 1. The van der Waals surface area contributed by atoms with Gasteiger partial charge in [0.05, 0.1) is 18.7 Å². The van der Waals surface area contributed by atoms with Crippen molar-refractivity contribution in [3.05, 3.63) is 35.5 Å². The largest absolute Gasteiger partial charge is 0.469 e. The van der Waals surface area contributed by atoms with Crippen molar-refractivity contribution >= 4 is 22.7 Å². The second-order valence-electron chi connectivity index (χ2n) is 4.99. The lowest BCUT2D eigenvalue weighted by Crippen LogP contribution is -2.20. The van der Waals surface area contributed by atoms with Crippen molar-refractivity contribution in [2.45, 2.75) is 12.8 Å². The van der Waals surface area contributed by atoms with Crippen molar-refractivity contribution in [2.75, 3.05) is 7.11 Å². The number of aryl methyl sites for hydroxylation is 1. The monoisotopic (exact) mass is 257 g/mol. The minimum Gasteiger partial charge on any atom is -0.469 e. The van der Waals surface area contributed by atoms with E-state index in [2.05, 4.69) is 0 Å². The second-order valence-corrected chi connectivity index (χ2v) is 4.99. The predicted octanol–water partition coefficient (Wildman–Crippen LogP) is 2.27. The third-order valence-corrected chi connectivity index (χ3v) is 4.06.